The van der Waals surface area contributed by atoms with Crippen LogP contribution in [0.3, 0.4) is 0 Å². The fourth-order valence-electron chi connectivity index (χ4n) is 2.71. The smallest absolute Gasteiger partial charge is 0.336 e. The molecule has 0 saturated heterocycles. The van der Waals surface area contributed by atoms with Gasteiger partial charge in [0.15, 0.2) is 5.76 Å². The van der Waals surface area contributed by atoms with Crippen molar-refractivity contribution in [2.24, 2.45) is 11.3 Å². The number of benzene rings is 1. The Bertz CT molecular complexity index is 936. The molecule has 0 unspecified atom stereocenters. The topological polar surface area (TPSA) is 82.2 Å². The molecule has 1 aromatic carbocycles. The SMILES string of the molecule is CC(C)COc1nc(-c2ccco2)n(-c2ccc(NC(=O)CC(C)(C)C)cc2)n1. The third kappa shape index (κ3) is 5.70. The van der Waals surface area contributed by atoms with Crippen molar-refractivity contribution in [3.05, 3.63) is 42.7 Å². The summed E-state index contributed by atoms with van der Waals surface area (Å²) in [4.78, 5) is 16.6. The van der Waals surface area contributed by atoms with Crippen LogP contribution in [0.4, 0.5) is 5.69 Å². The summed E-state index contributed by atoms with van der Waals surface area (Å²) in [7, 11) is 0. The van der Waals surface area contributed by atoms with E-state index in [1.807, 2.05) is 51.1 Å². The quantitative estimate of drug-likeness (QED) is 0.612. The van der Waals surface area contributed by atoms with Crippen LogP contribution in [-0.4, -0.2) is 27.3 Å². The first-order valence-electron chi connectivity index (χ1n) is 9.75. The van der Waals surface area contributed by atoms with E-state index in [1.54, 1.807) is 17.0 Å². The lowest BCUT2D eigenvalue weighted by Gasteiger charge is -2.17. The number of nitrogens with zero attached hydrogens (tertiary/aromatic N) is 3. The van der Waals surface area contributed by atoms with Crippen LogP contribution >= 0.6 is 0 Å². The third-order valence-corrected chi connectivity index (χ3v) is 3.96. The molecule has 0 aliphatic heterocycles. The molecule has 0 atom stereocenters. The molecule has 0 aliphatic carbocycles. The summed E-state index contributed by atoms with van der Waals surface area (Å²) in [5.41, 5.74) is 1.46. The van der Waals surface area contributed by atoms with Gasteiger partial charge in [-0.25, -0.2) is 4.68 Å². The molecule has 0 radical (unpaired) electrons. The van der Waals surface area contributed by atoms with E-state index >= 15 is 0 Å². The monoisotopic (exact) mass is 396 g/mol. The van der Waals surface area contributed by atoms with E-state index < -0.39 is 0 Å². The molecule has 7 nitrogen and oxygen atoms in total. The van der Waals surface area contributed by atoms with Gasteiger partial charge in [0.2, 0.25) is 11.7 Å². The fraction of sp³-hybridized carbons (Fsp3) is 0.409. The highest BCUT2D eigenvalue weighted by molar-refractivity contribution is 5.91. The molecule has 1 amide bonds. The van der Waals surface area contributed by atoms with Crippen molar-refractivity contribution < 1.29 is 13.9 Å². The van der Waals surface area contributed by atoms with Crippen LogP contribution < -0.4 is 10.1 Å². The van der Waals surface area contributed by atoms with Gasteiger partial charge in [0.1, 0.15) is 0 Å². The highest BCUT2D eigenvalue weighted by Gasteiger charge is 2.18. The molecule has 0 fully saturated rings. The first kappa shape index (κ1) is 20.6. The van der Waals surface area contributed by atoms with Gasteiger partial charge >= 0.3 is 6.01 Å². The zero-order valence-corrected chi connectivity index (χ0v) is 17.6. The Hall–Kier alpha value is -3.09. The molecule has 0 aliphatic rings. The van der Waals surface area contributed by atoms with Crippen molar-refractivity contribution in [1.82, 2.24) is 14.8 Å². The van der Waals surface area contributed by atoms with Gasteiger partial charge in [-0.15, -0.1) is 5.10 Å². The van der Waals surface area contributed by atoms with Crippen LogP contribution in [0.25, 0.3) is 17.3 Å². The van der Waals surface area contributed by atoms with Gasteiger partial charge in [0, 0.05) is 12.1 Å². The lowest BCUT2D eigenvalue weighted by Crippen LogP contribution is -2.19. The maximum Gasteiger partial charge on any atom is 0.336 e. The third-order valence-electron chi connectivity index (χ3n) is 3.96. The van der Waals surface area contributed by atoms with E-state index in [4.69, 9.17) is 9.15 Å². The minimum absolute atomic E-state index is 0.00773. The van der Waals surface area contributed by atoms with Crippen molar-refractivity contribution in [2.45, 2.75) is 41.0 Å². The minimum Gasteiger partial charge on any atom is -0.462 e. The summed E-state index contributed by atoms with van der Waals surface area (Å²) in [5, 5.41) is 7.41. The molecule has 0 bridgehead atoms. The average Bonchev–Trinajstić information content (AvgIpc) is 3.28. The first-order chi connectivity index (χ1) is 13.7. The van der Waals surface area contributed by atoms with Crippen LogP contribution in [0.5, 0.6) is 6.01 Å². The van der Waals surface area contributed by atoms with Crippen LogP contribution in [-0.2, 0) is 4.79 Å². The number of hydrogen-bond donors (Lipinski definition) is 1. The summed E-state index contributed by atoms with van der Waals surface area (Å²) in [6.45, 7) is 10.8. The zero-order valence-electron chi connectivity index (χ0n) is 17.6. The van der Waals surface area contributed by atoms with Gasteiger partial charge in [-0.3, -0.25) is 4.79 Å². The van der Waals surface area contributed by atoms with E-state index in [0.29, 0.717) is 36.5 Å². The number of hydrogen-bond acceptors (Lipinski definition) is 5. The predicted octanol–water partition coefficient (Wildman–Crippen LogP) is 4.94. The number of nitrogens with one attached hydrogen (secondary N) is 1. The number of rotatable bonds is 7. The Morgan fingerprint density at radius 1 is 1.21 bits per heavy atom. The summed E-state index contributed by atoms with van der Waals surface area (Å²) < 4.78 is 12.9. The normalized spacial score (nSPS) is 11.7. The largest absolute Gasteiger partial charge is 0.462 e. The van der Waals surface area contributed by atoms with Gasteiger partial charge in [0.05, 0.1) is 18.6 Å². The second-order valence-corrected chi connectivity index (χ2v) is 8.64. The van der Waals surface area contributed by atoms with Crippen molar-refractivity contribution in [3.63, 3.8) is 0 Å². The molecule has 3 aromatic rings. The fourth-order valence-corrected chi connectivity index (χ4v) is 2.71. The first-order valence-corrected chi connectivity index (χ1v) is 9.75. The van der Waals surface area contributed by atoms with E-state index in [0.717, 1.165) is 11.4 Å². The van der Waals surface area contributed by atoms with E-state index in [1.165, 1.54) is 0 Å². The van der Waals surface area contributed by atoms with Crippen molar-refractivity contribution >= 4 is 11.6 Å². The van der Waals surface area contributed by atoms with E-state index in [2.05, 4.69) is 29.2 Å². The van der Waals surface area contributed by atoms with Crippen LogP contribution in [0.15, 0.2) is 47.1 Å². The Kier molecular flexibility index (Phi) is 6.06. The number of amides is 1. The summed E-state index contributed by atoms with van der Waals surface area (Å²) in [6.07, 6.45) is 2.05. The molecule has 0 saturated carbocycles. The van der Waals surface area contributed by atoms with E-state index in [-0.39, 0.29) is 11.3 Å². The van der Waals surface area contributed by atoms with Crippen LogP contribution in [0.1, 0.15) is 41.0 Å². The van der Waals surface area contributed by atoms with Gasteiger partial charge in [-0.2, -0.15) is 4.98 Å². The number of carbonyl (C=O) groups is 1. The number of carbonyl (C=O) groups excluding carboxylic acids is 1. The number of ether oxygens (including phenoxy) is 1. The summed E-state index contributed by atoms with van der Waals surface area (Å²) in [6, 6.07) is 11.4. The Morgan fingerprint density at radius 3 is 2.52 bits per heavy atom. The molecule has 7 heteroatoms. The summed E-state index contributed by atoms with van der Waals surface area (Å²) in [5.74, 6) is 1.51. The lowest BCUT2D eigenvalue weighted by molar-refractivity contribution is -0.117. The van der Waals surface area contributed by atoms with Gasteiger partial charge < -0.3 is 14.5 Å². The molecule has 0 spiro atoms. The highest BCUT2D eigenvalue weighted by Crippen LogP contribution is 2.25. The molecule has 3 rings (SSSR count). The molecule has 154 valence electrons. The molecule has 29 heavy (non-hydrogen) atoms. The maximum atomic E-state index is 12.2. The molecular formula is C22H28N4O3. The molecule has 2 heterocycles. The van der Waals surface area contributed by atoms with Crippen molar-refractivity contribution in [1.29, 1.82) is 0 Å². The van der Waals surface area contributed by atoms with Crippen LogP contribution in [0, 0.1) is 11.3 Å². The standard InChI is InChI=1S/C22H28N4O3/c1-15(2)14-29-21-24-20(18-7-6-12-28-18)26(25-21)17-10-8-16(9-11-17)23-19(27)13-22(3,4)5/h6-12,15H,13-14H2,1-5H3,(H,23,27). The number of furan rings is 1. The second-order valence-electron chi connectivity index (χ2n) is 8.64. The Labute approximate surface area is 171 Å². The molecular weight excluding hydrogens is 368 g/mol. The van der Waals surface area contributed by atoms with Crippen LogP contribution in [0.2, 0.25) is 0 Å². The van der Waals surface area contributed by atoms with Gasteiger partial charge in [-0.1, -0.05) is 34.6 Å². The number of aromatic nitrogens is 3. The molecule has 1 N–H and O–H groups in total. The zero-order chi connectivity index (χ0) is 21.0. The van der Waals surface area contributed by atoms with E-state index in [9.17, 15) is 4.79 Å². The Balaban J connectivity index is 1.83. The summed E-state index contributed by atoms with van der Waals surface area (Å²) >= 11 is 0. The van der Waals surface area contributed by atoms with Gasteiger partial charge in [-0.05, 0) is 47.7 Å². The number of anilines is 1. The second kappa shape index (κ2) is 8.51. The minimum atomic E-state index is -0.0604. The highest BCUT2D eigenvalue weighted by atomic mass is 16.5. The van der Waals surface area contributed by atoms with Crippen molar-refractivity contribution in [2.75, 3.05) is 11.9 Å². The van der Waals surface area contributed by atoms with Crippen molar-refractivity contribution in [3.8, 4) is 23.3 Å². The van der Waals surface area contributed by atoms with Gasteiger partial charge in [0.25, 0.3) is 0 Å². The average molecular weight is 396 g/mol. The Morgan fingerprint density at radius 2 is 1.93 bits per heavy atom. The predicted molar refractivity (Wildman–Crippen MR) is 112 cm³/mol. The molecule has 2 aromatic heterocycles. The maximum absolute atomic E-state index is 12.2. The lowest BCUT2D eigenvalue weighted by atomic mass is 9.92.